The molecular weight excluding hydrogens is 486 g/mol. The van der Waals surface area contributed by atoms with Crippen LogP contribution in [0.4, 0.5) is 8.78 Å². The first-order valence-electron chi connectivity index (χ1n) is 11.3. The van der Waals surface area contributed by atoms with Crippen LogP contribution in [-0.2, 0) is 13.2 Å². The number of benzene rings is 3. The molecule has 2 heterocycles. The number of nitrogens with zero attached hydrogens (tertiary/aromatic N) is 4. The summed E-state index contributed by atoms with van der Waals surface area (Å²) in [5.41, 5.74) is 1.82. The van der Waals surface area contributed by atoms with Gasteiger partial charge in [-0.05, 0) is 61.2 Å². The van der Waals surface area contributed by atoms with Crippen molar-refractivity contribution in [3.8, 4) is 22.9 Å². The van der Waals surface area contributed by atoms with Crippen LogP contribution in [0.15, 0.2) is 78.9 Å². The van der Waals surface area contributed by atoms with Crippen LogP contribution in [-0.4, -0.2) is 39.5 Å². The smallest absolute Gasteiger partial charge is 0.387 e. The number of hydrogen-bond donors (Lipinski definition) is 0. The van der Waals surface area contributed by atoms with Gasteiger partial charge in [0.1, 0.15) is 12.4 Å². The predicted molar refractivity (Wildman–Crippen MR) is 132 cm³/mol. The van der Waals surface area contributed by atoms with Crippen LogP contribution in [0.2, 0.25) is 0 Å². The van der Waals surface area contributed by atoms with E-state index in [0.29, 0.717) is 41.9 Å². The third kappa shape index (κ3) is 5.24. The van der Waals surface area contributed by atoms with E-state index in [9.17, 15) is 8.78 Å². The number of ether oxygens (including phenoxy) is 3. The van der Waals surface area contributed by atoms with Crippen molar-refractivity contribution in [1.82, 2.24) is 19.2 Å². The van der Waals surface area contributed by atoms with Crippen LogP contribution in [0.5, 0.6) is 17.2 Å². The topological polar surface area (TPSA) is 53.7 Å². The van der Waals surface area contributed by atoms with E-state index >= 15 is 0 Å². The molecule has 1 atom stereocenters. The summed E-state index contributed by atoms with van der Waals surface area (Å²) in [5, 5.41) is 4.84. The Bertz CT molecular complexity index is 1380. The van der Waals surface area contributed by atoms with Crippen molar-refractivity contribution in [2.45, 2.75) is 25.9 Å². The Kier molecular flexibility index (Phi) is 6.97. The highest BCUT2D eigenvalue weighted by atomic mass is 32.1. The molecule has 186 valence electrons. The fourth-order valence-electron chi connectivity index (χ4n) is 4.06. The molecule has 0 unspecified atom stereocenters. The average molecular weight is 511 g/mol. The third-order valence-corrected chi connectivity index (χ3v) is 6.05. The molecule has 1 aliphatic rings. The van der Waals surface area contributed by atoms with E-state index in [1.54, 1.807) is 16.8 Å². The van der Waals surface area contributed by atoms with Gasteiger partial charge in [-0.1, -0.05) is 42.5 Å². The van der Waals surface area contributed by atoms with E-state index < -0.39 is 12.7 Å². The Morgan fingerprint density at radius 2 is 1.72 bits per heavy atom. The zero-order valence-electron chi connectivity index (χ0n) is 19.5. The van der Waals surface area contributed by atoms with E-state index in [4.69, 9.17) is 26.8 Å². The summed E-state index contributed by atoms with van der Waals surface area (Å²) >= 11 is 5.84. The highest BCUT2D eigenvalue weighted by Gasteiger charge is 2.29. The second kappa shape index (κ2) is 10.5. The van der Waals surface area contributed by atoms with Gasteiger partial charge in [0.15, 0.2) is 23.4 Å². The van der Waals surface area contributed by atoms with Crippen LogP contribution < -0.4 is 14.2 Å². The van der Waals surface area contributed by atoms with Gasteiger partial charge in [0.25, 0.3) is 0 Å². The Balaban J connectivity index is 1.39. The quantitative estimate of drug-likeness (QED) is 0.288. The summed E-state index contributed by atoms with van der Waals surface area (Å²) < 4.78 is 45.6. The highest BCUT2D eigenvalue weighted by Crippen LogP contribution is 2.36. The van der Waals surface area contributed by atoms with Crippen molar-refractivity contribution in [2.24, 2.45) is 0 Å². The maximum absolute atomic E-state index is 12.4. The molecule has 0 N–H and O–H groups in total. The van der Waals surface area contributed by atoms with Crippen LogP contribution in [0.1, 0.15) is 17.5 Å². The van der Waals surface area contributed by atoms with Gasteiger partial charge in [-0.3, -0.25) is 9.47 Å². The van der Waals surface area contributed by atoms with E-state index in [0.717, 1.165) is 11.3 Å². The number of para-hydroxylation sites is 3. The molecule has 10 heteroatoms. The molecule has 7 nitrogen and oxygen atoms in total. The standard InChI is InChI=1S/C26H24F2N4O3S/c1-30(15-18-11-13-20(14-12-18)34-25(27)28)17-31-26(36)32(19-7-3-2-4-8-19)24(29-31)23-16-33-21-9-5-6-10-22(21)35-23/h2-14,23,25H,15-17H2,1H3/t23-/m1/s1. The van der Waals surface area contributed by atoms with E-state index in [1.807, 2.05) is 71.1 Å². The molecule has 36 heavy (non-hydrogen) atoms. The summed E-state index contributed by atoms with van der Waals surface area (Å²) in [6.45, 7) is -1.58. The summed E-state index contributed by atoms with van der Waals surface area (Å²) in [6.07, 6.45) is -0.448. The van der Waals surface area contributed by atoms with Crippen molar-refractivity contribution in [1.29, 1.82) is 0 Å². The van der Waals surface area contributed by atoms with Gasteiger partial charge < -0.3 is 14.2 Å². The Morgan fingerprint density at radius 3 is 2.44 bits per heavy atom. The van der Waals surface area contributed by atoms with Crippen LogP contribution in [0, 0.1) is 4.77 Å². The first-order valence-corrected chi connectivity index (χ1v) is 11.7. The van der Waals surface area contributed by atoms with Crippen LogP contribution in [0.3, 0.4) is 0 Å². The molecule has 3 aromatic carbocycles. The molecule has 0 bridgehead atoms. The minimum atomic E-state index is -2.85. The molecule has 4 aromatic rings. The normalized spacial score (nSPS) is 14.9. The molecule has 0 aliphatic carbocycles. The van der Waals surface area contributed by atoms with E-state index in [2.05, 4.69) is 4.74 Å². The van der Waals surface area contributed by atoms with Gasteiger partial charge in [0.05, 0.1) is 6.67 Å². The maximum atomic E-state index is 12.4. The molecule has 0 saturated carbocycles. The fourth-order valence-corrected chi connectivity index (χ4v) is 4.36. The summed E-state index contributed by atoms with van der Waals surface area (Å²) in [7, 11) is 1.93. The van der Waals surface area contributed by atoms with Gasteiger partial charge in [-0.2, -0.15) is 13.9 Å². The Hall–Kier alpha value is -3.76. The Labute approximate surface area is 212 Å². The SMILES string of the molecule is CN(Cc1ccc(OC(F)F)cc1)Cn1nc([C@H]2COc3ccccc3O2)n(-c2ccccc2)c1=S. The Morgan fingerprint density at radius 1 is 1.03 bits per heavy atom. The number of aromatic nitrogens is 3. The molecule has 1 aromatic heterocycles. The average Bonchev–Trinajstić information content (AvgIpc) is 3.20. The van der Waals surface area contributed by atoms with Crippen molar-refractivity contribution in [2.75, 3.05) is 13.7 Å². The predicted octanol–water partition coefficient (Wildman–Crippen LogP) is 5.61. The second-order valence-corrected chi connectivity index (χ2v) is 8.72. The largest absolute Gasteiger partial charge is 0.485 e. The molecule has 0 saturated heterocycles. The lowest BCUT2D eigenvalue weighted by atomic mass is 10.2. The number of rotatable bonds is 8. The van der Waals surface area contributed by atoms with Crippen molar-refractivity contribution < 1.29 is 23.0 Å². The number of halogens is 2. The number of alkyl halides is 2. The monoisotopic (exact) mass is 510 g/mol. The summed E-state index contributed by atoms with van der Waals surface area (Å²) in [5.74, 6) is 2.12. The molecular formula is C26H24F2N4O3S. The van der Waals surface area contributed by atoms with Gasteiger partial charge in [0.2, 0.25) is 4.77 Å². The number of hydrogen-bond acceptors (Lipinski definition) is 6. The number of fused-ring (bicyclic) bond motifs is 1. The van der Waals surface area contributed by atoms with Gasteiger partial charge >= 0.3 is 6.61 Å². The molecule has 5 rings (SSSR count). The van der Waals surface area contributed by atoms with Gasteiger partial charge in [0, 0.05) is 12.2 Å². The lowest BCUT2D eigenvalue weighted by molar-refractivity contribution is -0.0498. The molecule has 0 radical (unpaired) electrons. The van der Waals surface area contributed by atoms with Crippen molar-refractivity contribution >= 4 is 12.2 Å². The van der Waals surface area contributed by atoms with Crippen molar-refractivity contribution in [3.63, 3.8) is 0 Å². The lowest BCUT2D eigenvalue weighted by Crippen LogP contribution is -2.25. The summed E-state index contributed by atoms with van der Waals surface area (Å²) in [6, 6.07) is 23.9. The van der Waals surface area contributed by atoms with Crippen LogP contribution >= 0.6 is 12.2 Å². The zero-order chi connectivity index (χ0) is 25.1. The maximum Gasteiger partial charge on any atom is 0.387 e. The fraction of sp³-hybridized carbons (Fsp3) is 0.231. The first kappa shape index (κ1) is 24.0. The molecule has 0 amide bonds. The minimum absolute atomic E-state index is 0.126. The second-order valence-electron chi connectivity index (χ2n) is 8.35. The van der Waals surface area contributed by atoms with Gasteiger partial charge in [-0.15, -0.1) is 0 Å². The molecule has 0 spiro atoms. The molecule has 0 fully saturated rings. The highest BCUT2D eigenvalue weighted by molar-refractivity contribution is 7.71. The van der Waals surface area contributed by atoms with Crippen LogP contribution in [0.25, 0.3) is 5.69 Å². The lowest BCUT2D eigenvalue weighted by Gasteiger charge is -2.26. The van der Waals surface area contributed by atoms with E-state index in [1.165, 1.54) is 12.1 Å². The third-order valence-electron chi connectivity index (χ3n) is 5.65. The molecule has 1 aliphatic heterocycles. The summed E-state index contributed by atoms with van der Waals surface area (Å²) in [4.78, 5) is 2.03. The zero-order valence-corrected chi connectivity index (χ0v) is 20.3. The van der Waals surface area contributed by atoms with Crippen molar-refractivity contribution in [3.05, 3.63) is 95.0 Å². The first-order chi connectivity index (χ1) is 17.5. The minimum Gasteiger partial charge on any atom is -0.485 e. The van der Waals surface area contributed by atoms with Gasteiger partial charge in [-0.25, -0.2) is 4.68 Å². The van der Waals surface area contributed by atoms with E-state index in [-0.39, 0.29) is 5.75 Å².